The van der Waals surface area contributed by atoms with Crippen molar-refractivity contribution in [1.82, 2.24) is 0 Å². The van der Waals surface area contributed by atoms with Gasteiger partial charge in [-0.15, -0.1) is 0 Å². The van der Waals surface area contributed by atoms with Crippen molar-refractivity contribution in [3.63, 3.8) is 0 Å². The van der Waals surface area contributed by atoms with E-state index in [2.05, 4.69) is 35.4 Å². The summed E-state index contributed by atoms with van der Waals surface area (Å²) >= 11 is 0. The van der Waals surface area contributed by atoms with Crippen LogP contribution in [0.5, 0.6) is 0 Å². The Morgan fingerprint density at radius 3 is 2.89 bits per heavy atom. The summed E-state index contributed by atoms with van der Waals surface area (Å²) < 4.78 is 5.21. The van der Waals surface area contributed by atoms with Crippen LogP contribution < -0.4 is 11.1 Å². The summed E-state index contributed by atoms with van der Waals surface area (Å²) in [5.74, 6) is 0.492. The second-order valence-corrected chi connectivity index (χ2v) is 5.97. The number of aryl methyl sites for hydroxylation is 2. The van der Waals surface area contributed by atoms with Gasteiger partial charge in [-0.1, -0.05) is 13.0 Å². The van der Waals surface area contributed by atoms with E-state index in [0.29, 0.717) is 5.96 Å². The zero-order valence-electron chi connectivity index (χ0n) is 11.4. The van der Waals surface area contributed by atoms with Crippen molar-refractivity contribution in [3.8, 4) is 0 Å². The molecule has 0 aromatic heterocycles. The second kappa shape index (κ2) is 4.85. The highest BCUT2D eigenvalue weighted by Crippen LogP contribution is 2.27. The molecule has 1 aliphatic heterocycles. The number of ether oxygens (including phenoxy) is 1. The Kier molecular flexibility index (Phi) is 3.19. The Balaban J connectivity index is 1.62. The topological polar surface area (TPSA) is 59.6 Å². The Morgan fingerprint density at radius 2 is 2.16 bits per heavy atom. The molecule has 3 N–H and O–H groups in total. The van der Waals surface area contributed by atoms with Crippen LogP contribution in [-0.4, -0.2) is 25.7 Å². The van der Waals surface area contributed by atoms with Gasteiger partial charge in [-0.05, 0) is 42.5 Å². The molecule has 4 nitrogen and oxygen atoms in total. The quantitative estimate of drug-likeness (QED) is 0.644. The molecule has 0 saturated carbocycles. The van der Waals surface area contributed by atoms with Crippen molar-refractivity contribution in [1.29, 1.82) is 0 Å². The number of anilines is 1. The van der Waals surface area contributed by atoms with Crippen molar-refractivity contribution in [3.05, 3.63) is 29.3 Å². The van der Waals surface area contributed by atoms with Gasteiger partial charge in [0.25, 0.3) is 0 Å². The molecule has 0 amide bonds. The summed E-state index contributed by atoms with van der Waals surface area (Å²) in [4.78, 5) is 4.41. The van der Waals surface area contributed by atoms with E-state index in [1.165, 1.54) is 30.4 Å². The number of aliphatic imine (C=N–C) groups is 1. The van der Waals surface area contributed by atoms with Gasteiger partial charge in [0.05, 0.1) is 19.8 Å². The van der Waals surface area contributed by atoms with E-state index in [9.17, 15) is 0 Å². The zero-order chi connectivity index (χ0) is 13.3. The fourth-order valence-corrected chi connectivity index (χ4v) is 2.65. The average molecular weight is 259 g/mol. The van der Waals surface area contributed by atoms with E-state index in [-0.39, 0.29) is 5.41 Å². The minimum absolute atomic E-state index is 0.171. The van der Waals surface area contributed by atoms with Gasteiger partial charge in [0.1, 0.15) is 0 Å². The number of guanidine groups is 1. The number of nitrogens with two attached hydrogens (primary N) is 1. The first-order valence-corrected chi connectivity index (χ1v) is 6.91. The smallest absolute Gasteiger partial charge is 0.193 e. The second-order valence-electron chi connectivity index (χ2n) is 5.97. The third-order valence-electron chi connectivity index (χ3n) is 3.90. The number of nitrogens with one attached hydrogen (secondary N) is 1. The van der Waals surface area contributed by atoms with Crippen molar-refractivity contribution >= 4 is 11.6 Å². The van der Waals surface area contributed by atoms with Crippen LogP contribution in [0.3, 0.4) is 0 Å². The number of nitrogens with zero attached hydrogens (tertiary/aromatic N) is 1. The largest absolute Gasteiger partial charge is 0.380 e. The summed E-state index contributed by atoms with van der Waals surface area (Å²) in [7, 11) is 0. The van der Waals surface area contributed by atoms with E-state index < -0.39 is 0 Å². The van der Waals surface area contributed by atoms with Crippen molar-refractivity contribution in [2.75, 3.05) is 25.1 Å². The molecular formula is C15H21N3O. The van der Waals surface area contributed by atoms with Gasteiger partial charge >= 0.3 is 0 Å². The van der Waals surface area contributed by atoms with Crippen LogP contribution in [0.25, 0.3) is 0 Å². The Labute approximate surface area is 114 Å². The molecular weight excluding hydrogens is 238 g/mol. The Hall–Kier alpha value is -1.55. The fourth-order valence-electron chi connectivity index (χ4n) is 2.65. The maximum absolute atomic E-state index is 5.93. The van der Waals surface area contributed by atoms with Gasteiger partial charge in [-0.3, -0.25) is 4.99 Å². The standard InChI is InChI=1S/C15H21N3O/c1-15(9-19-10-15)8-17-14(16)18-13-6-5-11-3-2-4-12(11)7-13/h5-7H,2-4,8-10H2,1H3,(H3,16,17,18). The predicted molar refractivity (Wildman–Crippen MR) is 77.5 cm³/mol. The Bertz CT molecular complexity index is 506. The number of rotatable bonds is 3. The monoisotopic (exact) mass is 259 g/mol. The highest BCUT2D eigenvalue weighted by Gasteiger charge is 2.32. The molecule has 102 valence electrons. The molecule has 1 fully saturated rings. The molecule has 1 aromatic carbocycles. The van der Waals surface area contributed by atoms with Gasteiger partial charge in [0.15, 0.2) is 5.96 Å². The summed E-state index contributed by atoms with van der Waals surface area (Å²) in [6, 6.07) is 6.47. The Morgan fingerprint density at radius 1 is 1.37 bits per heavy atom. The van der Waals surface area contributed by atoms with Crippen LogP contribution >= 0.6 is 0 Å². The average Bonchev–Trinajstić information content (AvgIpc) is 2.81. The number of hydrogen-bond acceptors (Lipinski definition) is 2. The summed E-state index contributed by atoms with van der Waals surface area (Å²) in [6.45, 7) is 4.45. The van der Waals surface area contributed by atoms with Crippen LogP contribution in [0.1, 0.15) is 24.5 Å². The van der Waals surface area contributed by atoms with Crippen molar-refractivity contribution < 1.29 is 4.74 Å². The molecule has 4 heteroatoms. The predicted octanol–water partition coefficient (Wildman–Crippen LogP) is 1.94. The molecule has 19 heavy (non-hydrogen) atoms. The molecule has 2 aliphatic rings. The molecule has 0 atom stereocenters. The van der Waals surface area contributed by atoms with E-state index in [4.69, 9.17) is 10.5 Å². The minimum atomic E-state index is 0.171. The first-order valence-electron chi connectivity index (χ1n) is 6.91. The summed E-state index contributed by atoms with van der Waals surface area (Å²) in [6.07, 6.45) is 3.65. The van der Waals surface area contributed by atoms with Crippen LogP contribution in [0, 0.1) is 5.41 Å². The van der Waals surface area contributed by atoms with Gasteiger partial charge in [-0.25, -0.2) is 0 Å². The van der Waals surface area contributed by atoms with Gasteiger partial charge in [0.2, 0.25) is 0 Å². The number of benzene rings is 1. The molecule has 3 rings (SSSR count). The van der Waals surface area contributed by atoms with Gasteiger partial charge in [0, 0.05) is 11.1 Å². The lowest BCUT2D eigenvalue weighted by atomic mass is 9.89. The molecule has 1 heterocycles. The van der Waals surface area contributed by atoms with E-state index in [1.54, 1.807) is 0 Å². The zero-order valence-corrected chi connectivity index (χ0v) is 11.4. The van der Waals surface area contributed by atoms with Crippen molar-refractivity contribution in [2.45, 2.75) is 26.2 Å². The lowest BCUT2D eigenvalue weighted by Crippen LogP contribution is -2.43. The molecule has 1 aliphatic carbocycles. The van der Waals surface area contributed by atoms with E-state index in [1.807, 2.05) is 0 Å². The molecule has 0 unspecified atom stereocenters. The van der Waals surface area contributed by atoms with Gasteiger partial charge in [-0.2, -0.15) is 0 Å². The molecule has 0 radical (unpaired) electrons. The maximum atomic E-state index is 5.93. The molecule has 0 spiro atoms. The van der Waals surface area contributed by atoms with Crippen molar-refractivity contribution in [2.24, 2.45) is 16.1 Å². The van der Waals surface area contributed by atoms with Crippen LogP contribution in [-0.2, 0) is 17.6 Å². The van der Waals surface area contributed by atoms with Crippen LogP contribution in [0.15, 0.2) is 23.2 Å². The fraction of sp³-hybridized carbons (Fsp3) is 0.533. The van der Waals surface area contributed by atoms with Crippen LogP contribution in [0.2, 0.25) is 0 Å². The molecule has 1 aromatic rings. The normalized spacial score (nSPS) is 20.8. The van der Waals surface area contributed by atoms with Crippen LogP contribution in [0.4, 0.5) is 5.69 Å². The number of hydrogen-bond donors (Lipinski definition) is 2. The number of fused-ring (bicyclic) bond motifs is 1. The summed E-state index contributed by atoms with van der Waals surface area (Å²) in [5.41, 5.74) is 10.1. The first-order chi connectivity index (χ1) is 9.15. The molecule has 1 saturated heterocycles. The highest BCUT2D eigenvalue weighted by atomic mass is 16.5. The first kappa shape index (κ1) is 12.5. The highest BCUT2D eigenvalue weighted by molar-refractivity contribution is 5.92. The summed E-state index contributed by atoms with van der Waals surface area (Å²) in [5, 5.41) is 3.18. The minimum Gasteiger partial charge on any atom is -0.380 e. The lowest BCUT2D eigenvalue weighted by molar-refractivity contribution is -0.0944. The maximum Gasteiger partial charge on any atom is 0.193 e. The molecule has 0 bridgehead atoms. The van der Waals surface area contributed by atoms with Gasteiger partial charge < -0.3 is 15.8 Å². The third kappa shape index (κ3) is 2.73. The van der Waals surface area contributed by atoms with E-state index in [0.717, 1.165) is 25.4 Å². The SMILES string of the molecule is CC1(CN=C(N)Nc2ccc3c(c2)CCC3)COC1. The lowest BCUT2D eigenvalue weighted by Gasteiger charge is -2.36. The van der Waals surface area contributed by atoms with E-state index >= 15 is 0 Å². The third-order valence-corrected chi connectivity index (χ3v) is 3.90.